The smallest absolute Gasteiger partial charge is 0.253 e. The zero-order chi connectivity index (χ0) is 15.5. The van der Waals surface area contributed by atoms with E-state index in [4.69, 9.17) is 5.73 Å². The lowest BCUT2D eigenvalue weighted by Gasteiger charge is -2.32. The molecule has 0 radical (unpaired) electrons. The van der Waals surface area contributed by atoms with E-state index in [-0.39, 0.29) is 36.8 Å². The van der Waals surface area contributed by atoms with Crippen LogP contribution in [-0.2, 0) is 6.54 Å². The number of rotatable bonds is 3. The minimum atomic E-state index is 0. The summed E-state index contributed by atoms with van der Waals surface area (Å²) in [7, 11) is 2.17. The first-order chi connectivity index (χ1) is 10.6. The van der Waals surface area contributed by atoms with Crippen LogP contribution < -0.4 is 5.73 Å². The summed E-state index contributed by atoms with van der Waals surface area (Å²) in [6.07, 6.45) is 0.910. The van der Waals surface area contributed by atoms with Crippen molar-refractivity contribution in [1.82, 2.24) is 14.7 Å². The van der Waals surface area contributed by atoms with E-state index in [2.05, 4.69) is 29.0 Å². The van der Waals surface area contributed by atoms with Gasteiger partial charge in [0.2, 0.25) is 0 Å². The fourth-order valence-electron chi connectivity index (χ4n) is 3.17. The Labute approximate surface area is 157 Å². The molecule has 7 heteroatoms. The first kappa shape index (κ1) is 21.2. The number of carbonyl (C=O) groups is 1. The van der Waals surface area contributed by atoms with Gasteiger partial charge in [0.15, 0.2) is 0 Å². The minimum Gasteiger partial charge on any atom is -0.337 e. The predicted molar refractivity (Wildman–Crippen MR) is 102 cm³/mol. The van der Waals surface area contributed by atoms with Gasteiger partial charge in [-0.3, -0.25) is 9.69 Å². The van der Waals surface area contributed by atoms with Gasteiger partial charge in [0, 0.05) is 57.4 Å². The second-order valence-corrected chi connectivity index (χ2v) is 6.58. The molecule has 2 heterocycles. The topological polar surface area (TPSA) is 52.8 Å². The Balaban J connectivity index is 0.00000144. The highest BCUT2D eigenvalue weighted by atomic mass is 35.5. The van der Waals surface area contributed by atoms with E-state index in [0.717, 1.165) is 51.3 Å². The van der Waals surface area contributed by atoms with Gasteiger partial charge in [-0.25, -0.2) is 0 Å². The quantitative estimate of drug-likeness (QED) is 0.869. The maximum atomic E-state index is 12.4. The Morgan fingerprint density at radius 3 is 2.25 bits per heavy atom. The van der Waals surface area contributed by atoms with Crippen molar-refractivity contribution in [2.24, 2.45) is 5.73 Å². The van der Waals surface area contributed by atoms with Crippen molar-refractivity contribution in [2.75, 3.05) is 46.3 Å². The van der Waals surface area contributed by atoms with Gasteiger partial charge in [0.05, 0.1) is 0 Å². The van der Waals surface area contributed by atoms with Crippen LogP contribution in [0.3, 0.4) is 0 Å². The summed E-state index contributed by atoms with van der Waals surface area (Å²) in [5.41, 5.74) is 7.93. The third-order valence-corrected chi connectivity index (χ3v) is 4.71. The summed E-state index contributed by atoms with van der Waals surface area (Å²) in [4.78, 5) is 19.1. The lowest BCUT2D eigenvalue weighted by atomic mass is 10.1. The van der Waals surface area contributed by atoms with Gasteiger partial charge in [-0.2, -0.15) is 0 Å². The third kappa shape index (κ3) is 5.33. The zero-order valence-corrected chi connectivity index (χ0v) is 15.8. The number of amides is 1. The maximum Gasteiger partial charge on any atom is 0.253 e. The molecule has 2 aliphatic rings. The lowest BCUT2D eigenvalue weighted by molar-refractivity contribution is 0.0791. The lowest BCUT2D eigenvalue weighted by Crippen LogP contribution is -2.43. The first-order valence-corrected chi connectivity index (χ1v) is 8.16. The predicted octanol–water partition coefficient (Wildman–Crippen LogP) is 1.45. The molecule has 24 heavy (non-hydrogen) atoms. The Hall–Kier alpha value is -0.850. The Bertz CT molecular complexity index is 518. The SMILES string of the molecule is CN1CCN(Cc2ccc(C(=O)N3CC[C@@H](N)C3)cc2)CC1.Cl.Cl. The molecule has 0 spiro atoms. The van der Waals surface area contributed by atoms with Gasteiger partial charge in [0.25, 0.3) is 5.91 Å². The van der Waals surface area contributed by atoms with Gasteiger partial charge in [-0.15, -0.1) is 24.8 Å². The van der Waals surface area contributed by atoms with Gasteiger partial charge >= 0.3 is 0 Å². The van der Waals surface area contributed by atoms with Gasteiger partial charge in [0.1, 0.15) is 0 Å². The van der Waals surface area contributed by atoms with Crippen LogP contribution in [0.1, 0.15) is 22.3 Å². The molecule has 2 fully saturated rings. The summed E-state index contributed by atoms with van der Waals surface area (Å²) in [6.45, 7) is 6.92. The van der Waals surface area contributed by atoms with Crippen molar-refractivity contribution in [3.63, 3.8) is 0 Å². The molecule has 1 aromatic rings. The van der Waals surface area contributed by atoms with Crippen LogP contribution in [0.4, 0.5) is 0 Å². The summed E-state index contributed by atoms with van der Waals surface area (Å²) < 4.78 is 0. The normalized spacial score (nSPS) is 21.9. The van der Waals surface area contributed by atoms with Crippen LogP contribution in [0.15, 0.2) is 24.3 Å². The minimum absolute atomic E-state index is 0. The van der Waals surface area contributed by atoms with E-state index in [0.29, 0.717) is 6.54 Å². The summed E-state index contributed by atoms with van der Waals surface area (Å²) in [6, 6.07) is 8.22. The standard InChI is InChI=1S/C17H26N4O.2ClH/c1-19-8-10-20(11-9-19)12-14-2-4-15(5-3-14)17(22)21-7-6-16(18)13-21;;/h2-5,16H,6-13,18H2,1H3;2*1H/t16-;;/m1../s1. The molecular weight excluding hydrogens is 347 g/mol. The molecule has 2 saturated heterocycles. The second kappa shape index (κ2) is 9.59. The van der Waals surface area contributed by atoms with Crippen molar-refractivity contribution < 1.29 is 4.79 Å². The molecule has 2 aliphatic heterocycles. The number of nitrogens with zero attached hydrogens (tertiary/aromatic N) is 3. The summed E-state index contributed by atoms with van der Waals surface area (Å²) in [5, 5.41) is 0. The van der Waals surface area contributed by atoms with E-state index in [1.54, 1.807) is 0 Å². The van der Waals surface area contributed by atoms with Crippen molar-refractivity contribution >= 4 is 30.7 Å². The molecule has 0 unspecified atom stereocenters. The Kier molecular flexibility index (Phi) is 8.46. The van der Waals surface area contributed by atoms with Gasteiger partial charge < -0.3 is 15.5 Å². The number of piperazine rings is 1. The number of benzene rings is 1. The van der Waals surface area contributed by atoms with Crippen LogP contribution in [0, 0.1) is 0 Å². The van der Waals surface area contributed by atoms with E-state index < -0.39 is 0 Å². The summed E-state index contributed by atoms with van der Waals surface area (Å²) >= 11 is 0. The van der Waals surface area contributed by atoms with Crippen molar-refractivity contribution in [3.05, 3.63) is 35.4 Å². The number of likely N-dealkylation sites (tertiary alicyclic amines) is 1. The number of hydrogen-bond acceptors (Lipinski definition) is 4. The molecule has 5 nitrogen and oxygen atoms in total. The third-order valence-electron chi connectivity index (χ3n) is 4.71. The molecule has 0 aliphatic carbocycles. The van der Waals surface area contributed by atoms with E-state index in [1.165, 1.54) is 5.56 Å². The average molecular weight is 375 g/mol. The highest BCUT2D eigenvalue weighted by Gasteiger charge is 2.24. The Morgan fingerprint density at radius 1 is 1.08 bits per heavy atom. The number of likely N-dealkylation sites (N-methyl/N-ethyl adjacent to an activating group) is 1. The molecule has 0 aromatic heterocycles. The van der Waals surface area contributed by atoms with Crippen molar-refractivity contribution in [1.29, 1.82) is 0 Å². The monoisotopic (exact) mass is 374 g/mol. The van der Waals surface area contributed by atoms with E-state index >= 15 is 0 Å². The molecule has 0 bridgehead atoms. The van der Waals surface area contributed by atoms with Crippen LogP contribution >= 0.6 is 24.8 Å². The first-order valence-electron chi connectivity index (χ1n) is 8.16. The van der Waals surface area contributed by atoms with Crippen LogP contribution in [-0.4, -0.2) is 73.0 Å². The molecule has 136 valence electrons. The molecular formula is C17H28Cl2N4O. The zero-order valence-electron chi connectivity index (χ0n) is 14.2. The fraction of sp³-hybridized carbons (Fsp3) is 0.588. The molecule has 2 N–H and O–H groups in total. The molecule has 3 rings (SSSR count). The van der Waals surface area contributed by atoms with Crippen molar-refractivity contribution in [3.8, 4) is 0 Å². The van der Waals surface area contributed by atoms with E-state index in [1.807, 2.05) is 17.0 Å². The van der Waals surface area contributed by atoms with Crippen LogP contribution in [0.2, 0.25) is 0 Å². The number of carbonyl (C=O) groups excluding carboxylic acids is 1. The number of hydrogen-bond donors (Lipinski definition) is 1. The van der Waals surface area contributed by atoms with Crippen LogP contribution in [0.5, 0.6) is 0 Å². The molecule has 1 atom stereocenters. The summed E-state index contributed by atoms with van der Waals surface area (Å²) in [5.74, 6) is 0.110. The van der Waals surface area contributed by atoms with Crippen molar-refractivity contribution in [2.45, 2.75) is 19.0 Å². The molecule has 1 amide bonds. The maximum absolute atomic E-state index is 12.4. The largest absolute Gasteiger partial charge is 0.337 e. The average Bonchev–Trinajstić information content (AvgIpc) is 2.96. The fourth-order valence-corrected chi connectivity index (χ4v) is 3.17. The van der Waals surface area contributed by atoms with Crippen LogP contribution in [0.25, 0.3) is 0 Å². The number of nitrogens with two attached hydrogens (primary N) is 1. The second-order valence-electron chi connectivity index (χ2n) is 6.58. The highest BCUT2D eigenvalue weighted by Crippen LogP contribution is 2.14. The highest BCUT2D eigenvalue weighted by molar-refractivity contribution is 5.94. The van der Waals surface area contributed by atoms with Gasteiger partial charge in [-0.05, 0) is 31.2 Å². The number of halogens is 2. The Morgan fingerprint density at radius 2 is 1.71 bits per heavy atom. The molecule has 1 aromatic carbocycles. The molecule has 0 saturated carbocycles. The van der Waals surface area contributed by atoms with E-state index in [9.17, 15) is 4.79 Å². The van der Waals surface area contributed by atoms with Gasteiger partial charge in [-0.1, -0.05) is 12.1 Å².